The first-order chi connectivity index (χ1) is 8.43. The average Bonchev–Trinajstić information content (AvgIpc) is 2.22. The van der Waals surface area contributed by atoms with Crippen molar-refractivity contribution in [3.63, 3.8) is 0 Å². The van der Waals surface area contributed by atoms with Crippen molar-refractivity contribution >= 4 is 15.3 Å². The molecule has 0 aromatic carbocycles. The highest BCUT2D eigenvalue weighted by Crippen LogP contribution is 2.47. The molecule has 0 rings (SSSR count). The highest BCUT2D eigenvalue weighted by molar-refractivity contribution is 7.72. The molecule has 0 saturated heterocycles. The van der Waals surface area contributed by atoms with Gasteiger partial charge in [0.2, 0.25) is 15.3 Å². The van der Waals surface area contributed by atoms with E-state index in [1.54, 1.807) is 0 Å². The molecule has 1 atom stereocenters. The Labute approximate surface area is 102 Å². The third kappa shape index (κ3) is 3.59. The summed E-state index contributed by atoms with van der Waals surface area (Å²) in [6.07, 6.45) is -12.3. The minimum absolute atomic E-state index is 0.229. The van der Waals surface area contributed by atoms with Crippen molar-refractivity contribution in [3.8, 4) is 0 Å². The van der Waals surface area contributed by atoms with Crippen LogP contribution < -0.4 is 0 Å². The summed E-state index contributed by atoms with van der Waals surface area (Å²) in [6, 6.07) is 0. The third-order valence-electron chi connectivity index (χ3n) is 1.52. The molecule has 0 heterocycles. The predicted molar refractivity (Wildman–Crippen MR) is 47.1 cm³/mol. The van der Waals surface area contributed by atoms with Crippen LogP contribution in [0.1, 0.15) is 0 Å². The van der Waals surface area contributed by atoms with Gasteiger partial charge in [0.05, 0.1) is 6.26 Å². The Morgan fingerprint density at radius 1 is 1.16 bits per heavy atom. The van der Waals surface area contributed by atoms with Crippen LogP contribution in [-0.4, -0.2) is 38.3 Å². The van der Waals surface area contributed by atoms with E-state index in [1.807, 2.05) is 0 Å². The second-order valence-corrected chi connectivity index (χ2v) is 3.66. The maximum Gasteiger partial charge on any atom is 0.469 e. The summed E-state index contributed by atoms with van der Waals surface area (Å²) >= 11 is 0. The van der Waals surface area contributed by atoms with Crippen molar-refractivity contribution in [2.24, 2.45) is 0 Å². The standard InChI is InChI=1S/C7H5F7O4S/c1-2-17-7(13,14)5(9,6(10,11)12)18-4(3-8)19(15)16/h2H,1,3H2. The van der Waals surface area contributed by atoms with Gasteiger partial charge in [0.1, 0.15) is 0 Å². The van der Waals surface area contributed by atoms with Gasteiger partial charge in [-0.2, -0.15) is 34.8 Å². The Hall–Kier alpha value is -1.30. The summed E-state index contributed by atoms with van der Waals surface area (Å²) in [5.41, 5.74) is 0. The largest absolute Gasteiger partial charge is 0.469 e. The molecule has 112 valence electrons. The Morgan fingerprint density at radius 3 is 1.89 bits per heavy atom. The second kappa shape index (κ2) is 5.77. The number of rotatable bonds is 5. The molecule has 0 saturated carbocycles. The first-order valence-corrected chi connectivity index (χ1v) is 5.12. The summed E-state index contributed by atoms with van der Waals surface area (Å²) in [5, 5.41) is -2.20. The molecule has 0 amide bonds. The second-order valence-electron chi connectivity index (χ2n) is 2.74. The van der Waals surface area contributed by atoms with E-state index in [-0.39, 0.29) is 6.26 Å². The van der Waals surface area contributed by atoms with Crippen LogP contribution in [0.2, 0.25) is 0 Å². The lowest BCUT2D eigenvalue weighted by molar-refractivity contribution is -0.431. The molecule has 0 aliphatic carbocycles. The fraction of sp³-hybridized carbons (Fsp3) is 0.571. The topological polar surface area (TPSA) is 52.6 Å². The summed E-state index contributed by atoms with van der Waals surface area (Å²) in [4.78, 5) is 0. The lowest BCUT2D eigenvalue weighted by Crippen LogP contribution is -2.59. The monoisotopic (exact) mass is 318 g/mol. The van der Waals surface area contributed by atoms with Gasteiger partial charge in [0.15, 0.2) is 6.67 Å². The minimum Gasteiger partial charge on any atom is -0.437 e. The van der Waals surface area contributed by atoms with Gasteiger partial charge in [0.25, 0.3) is 0 Å². The number of hydrogen-bond donors (Lipinski definition) is 0. The van der Waals surface area contributed by atoms with Crippen LogP contribution in [0.25, 0.3) is 0 Å². The molecule has 12 heteroatoms. The van der Waals surface area contributed by atoms with E-state index in [1.165, 1.54) is 0 Å². The van der Waals surface area contributed by atoms with E-state index in [4.69, 9.17) is 0 Å². The number of ether oxygens (including phenoxy) is 2. The Kier molecular flexibility index (Phi) is 5.38. The first kappa shape index (κ1) is 17.7. The molecule has 0 radical (unpaired) electrons. The van der Waals surface area contributed by atoms with E-state index >= 15 is 0 Å². The van der Waals surface area contributed by atoms with Crippen LogP contribution in [0.5, 0.6) is 0 Å². The van der Waals surface area contributed by atoms with Crippen molar-refractivity contribution < 1.29 is 48.6 Å². The molecule has 0 aliphatic rings. The zero-order valence-corrected chi connectivity index (χ0v) is 9.50. The Balaban J connectivity index is 5.84. The van der Waals surface area contributed by atoms with Crippen LogP contribution in [0, 0.1) is 0 Å². The molecular formula is C7H5F7O4S. The highest BCUT2D eigenvalue weighted by Gasteiger charge is 2.76. The molecular weight excluding hydrogens is 313 g/mol. The van der Waals surface area contributed by atoms with Crippen molar-refractivity contribution in [3.05, 3.63) is 12.8 Å². The zero-order valence-electron chi connectivity index (χ0n) is 8.68. The van der Waals surface area contributed by atoms with Crippen molar-refractivity contribution in [2.75, 3.05) is 6.67 Å². The Morgan fingerprint density at radius 2 is 1.63 bits per heavy atom. The first-order valence-electron chi connectivity index (χ1n) is 4.05. The van der Waals surface area contributed by atoms with E-state index in [0.717, 1.165) is 0 Å². The van der Waals surface area contributed by atoms with Gasteiger partial charge < -0.3 is 4.74 Å². The van der Waals surface area contributed by atoms with Gasteiger partial charge in [-0.3, -0.25) is 4.74 Å². The van der Waals surface area contributed by atoms with Gasteiger partial charge in [-0.05, 0) is 0 Å². The quantitative estimate of drug-likeness (QED) is 0.442. The lowest BCUT2D eigenvalue weighted by atomic mass is 10.2. The van der Waals surface area contributed by atoms with Crippen LogP contribution in [0.4, 0.5) is 30.7 Å². The molecule has 0 aromatic rings. The summed E-state index contributed by atoms with van der Waals surface area (Å²) in [7, 11) is -3.81. The molecule has 19 heavy (non-hydrogen) atoms. The SMILES string of the molecule is C=COC(F)(F)C(F)(OC(CF)=S(=O)=O)C(F)(F)F. The Bertz CT molecular complexity index is 460. The van der Waals surface area contributed by atoms with Crippen LogP contribution in [-0.2, 0) is 19.8 Å². The maximum atomic E-state index is 13.3. The molecule has 0 aliphatic heterocycles. The maximum absolute atomic E-state index is 13.3. The van der Waals surface area contributed by atoms with Gasteiger partial charge in [0, 0.05) is 0 Å². The van der Waals surface area contributed by atoms with Gasteiger partial charge in [-0.25, -0.2) is 4.39 Å². The van der Waals surface area contributed by atoms with Gasteiger partial charge >= 0.3 is 18.1 Å². The smallest absolute Gasteiger partial charge is 0.437 e. The fourth-order valence-electron chi connectivity index (χ4n) is 0.725. The van der Waals surface area contributed by atoms with Gasteiger partial charge in [-0.15, -0.1) is 0 Å². The zero-order chi connectivity index (χ0) is 15.5. The molecule has 0 bridgehead atoms. The predicted octanol–water partition coefficient (Wildman–Crippen LogP) is 1.96. The third-order valence-corrected chi connectivity index (χ3v) is 2.08. The van der Waals surface area contributed by atoms with Gasteiger partial charge in [-0.1, -0.05) is 6.58 Å². The van der Waals surface area contributed by atoms with E-state index in [2.05, 4.69) is 16.1 Å². The van der Waals surface area contributed by atoms with E-state index in [9.17, 15) is 39.2 Å². The molecule has 0 N–H and O–H groups in total. The fourth-order valence-corrected chi connectivity index (χ4v) is 0.997. The molecule has 0 spiro atoms. The molecule has 0 aromatic heterocycles. The molecule has 0 fully saturated rings. The van der Waals surface area contributed by atoms with Crippen LogP contribution in [0.3, 0.4) is 0 Å². The minimum atomic E-state index is -6.42. The lowest BCUT2D eigenvalue weighted by Gasteiger charge is -2.32. The van der Waals surface area contributed by atoms with Crippen molar-refractivity contribution in [1.29, 1.82) is 0 Å². The van der Waals surface area contributed by atoms with Crippen LogP contribution in [0.15, 0.2) is 12.8 Å². The normalized spacial score (nSPS) is 15.5. The number of hydrogen-bond acceptors (Lipinski definition) is 4. The summed E-state index contributed by atoms with van der Waals surface area (Å²) in [5.74, 6) is -5.91. The average molecular weight is 318 g/mol. The van der Waals surface area contributed by atoms with Crippen molar-refractivity contribution in [2.45, 2.75) is 18.1 Å². The summed E-state index contributed by atoms with van der Waals surface area (Å²) in [6.45, 7) is 0.220. The molecule has 1 unspecified atom stereocenters. The van der Waals surface area contributed by atoms with Crippen molar-refractivity contribution in [1.82, 2.24) is 0 Å². The molecule has 4 nitrogen and oxygen atoms in total. The highest BCUT2D eigenvalue weighted by atomic mass is 32.2. The summed E-state index contributed by atoms with van der Waals surface area (Å²) < 4.78 is 114. The van der Waals surface area contributed by atoms with E-state index < -0.39 is 40.2 Å². The van der Waals surface area contributed by atoms with Crippen LogP contribution >= 0.6 is 0 Å². The number of alkyl halides is 7. The number of halogens is 7. The van der Waals surface area contributed by atoms with E-state index in [0.29, 0.717) is 0 Å².